The maximum Gasteiger partial charge on any atom is 0.145 e. The summed E-state index contributed by atoms with van der Waals surface area (Å²) in [5.41, 5.74) is 7.55. The number of rotatable bonds is 5. The van der Waals surface area contributed by atoms with E-state index in [-0.39, 0.29) is 0 Å². The Labute approximate surface area is 84.8 Å². The summed E-state index contributed by atoms with van der Waals surface area (Å²) >= 11 is 0. The minimum Gasteiger partial charge on any atom is -0.491 e. The van der Waals surface area contributed by atoms with Gasteiger partial charge < -0.3 is 15.2 Å². The molecule has 0 bridgehead atoms. The van der Waals surface area contributed by atoms with Crippen molar-refractivity contribution in [2.75, 3.05) is 26.1 Å². The zero-order valence-electron chi connectivity index (χ0n) is 8.75. The van der Waals surface area contributed by atoms with Gasteiger partial charge in [0.25, 0.3) is 0 Å². The monoisotopic (exact) mass is 195 g/mol. The average Bonchev–Trinajstić information content (AvgIpc) is 2.16. The normalized spacial score (nSPS) is 10.1. The third-order valence-corrected chi connectivity index (χ3v) is 1.98. The summed E-state index contributed by atoms with van der Waals surface area (Å²) in [6.07, 6.45) is 0.879. The molecule has 0 aliphatic carbocycles. The number of para-hydroxylation sites is 1. The summed E-state index contributed by atoms with van der Waals surface area (Å²) in [6.45, 7) is 3.34. The summed E-state index contributed by atoms with van der Waals surface area (Å²) in [4.78, 5) is 0. The molecule has 0 atom stereocenters. The quantitative estimate of drug-likeness (QED) is 0.577. The van der Waals surface area contributed by atoms with Gasteiger partial charge in [0, 0.05) is 20.1 Å². The number of hydrogen-bond donors (Lipinski definition) is 1. The number of nitrogens with two attached hydrogens (primary N) is 1. The lowest BCUT2D eigenvalue weighted by atomic mass is 10.2. The molecule has 0 saturated carbocycles. The van der Waals surface area contributed by atoms with Crippen LogP contribution in [0, 0.1) is 6.92 Å². The molecule has 1 aromatic rings. The molecule has 0 radical (unpaired) electrons. The van der Waals surface area contributed by atoms with E-state index in [0.717, 1.165) is 17.7 Å². The molecule has 0 heterocycles. The Morgan fingerprint density at radius 3 is 2.71 bits per heavy atom. The second-order valence-corrected chi connectivity index (χ2v) is 3.19. The molecule has 0 aliphatic heterocycles. The second-order valence-electron chi connectivity index (χ2n) is 3.19. The molecule has 0 saturated heterocycles. The van der Waals surface area contributed by atoms with Crippen molar-refractivity contribution in [3.05, 3.63) is 23.8 Å². The third-order valence-electron chi connectivity index (χ3n) is 1.98. The fourth-order valence-electron chi connectivity index (χ4n) is 1.25. The van der Waals surface area contributed by atoms with Crippen LogP contribution in [0.3, 0.4) is 0 Å². The number of hydrogen-bond acceptors (Lipinski definition) is 3. The zero-order valence-corrected chi connectivity index (χ0v) is 8.75. The molecule has 2 N–H and O–H groups in total. The lowest BCUT2D eigenvalue weighted by molar-refractivity contribution is 0.172. The molecule has 14 heavy (non-hydrogen) atoms. The van der Waals surface area contributed by atoms with Gasteiger partial charge in [-0.05, 0) is 18.6 Å². The van der Waals surface area contributed by atoms with Crippen LogP contribution >= 0.6 is 0 Å². The van der Waals surface area contributed by atoms with Crippen LogP contribution in [0.15, 0.2) is 18.2 Å². The average molecular weight is 195 g/mol. The van der Waals surface area contributed by atoms with Gasteiger partial charge in [-0.1, -0.05) is 12.1 Å². The summed E-state index contributed by atoms with van der Waals surface area (Å²) in [5.74, 6) is 0.795. The number of anilines is 1. The molecule has 1 aromatic carbocycles. The van der Waals surface area contributed by atoms with Gasteiger partial charge in [0.1, 0.15) is 5.75 Å². The SMILES string of the molecule is COCCCOc1c(C)cccc1N. The highest BCUT2D eigenvalue weighted by molar-refractivity contribution is 5.56. The van der Waals surface area contributed by atoms with Gasteiger partial charge in [-0.3, -0.25) is 0 Å². The van der Waals surface area contributed by atoms with Gasteiger partial charge in [-0.2, -0.15) is 0 Å². The first-order valence-corrected chi connectivity index (χ1v) is 4.72. The number of aryl methyl sites for hydroxylation is 1. The van der Waals surface area contributed by atoms with Crippen molar-refractivity contribution in [3.63, 3.8) is 0 Å². The minimum atomic E-state index is 0.642. The highest BCUT2D eigenvalue weighted by Gasteiger charge is 2.02. The van der Waals surface area contributed by atoms with Crippen molar-refractivity contribution in [3.8, 4) is 5.75 Å². The van der Waals surface area contributed by atoms with Crippen LogP contribution in [0.4, 0.5) is 5.69 Å². The Hall–Kier alpha value is -1.22. The van der Waals surface area contributed by atoms with Gasteiger partial charge in [0.15, 0.2) is 0 Å². The van der Waals surface area contributed by atoms with Crippen molar-refractivity contribution in [1.29, 1.82) is 0 Å². The second kappa shape index (κ2) is 5.50. The Kier molecular flexibility index (Phi) is 4.26. The van der Waals surface area contributed by atoms with Crippen molar-refractivity contribution in [1.82, 2.24) is 0 Å². The first-order valence-electron chi connectivity index (χ1n) is 4.72. The van der Waals surface area contributed by atoms with Gasteiger partial charge >= 0.3 is 0 Å². The Morgan fingerprint density at radius 2 is 2.07 bits per heavy atom. The zero-order chi connectivity index (χ0) is 10.4. The van der Waals surface area contributed by atoms with Crippen molar-refractivity contribution < 1.29 is 9.47 Å². The minimum absolute atomic E-state index is 0.642. The lowest BCUT2D eigenvalue weighted by Gasteiger charge is -2.10. The molecule has 1 rings (SSSR count). The van der Waals surface area contributed by atoms with E-state index in [1.54, 1.807) is 7.11 Å². The summed E-state index contributed by atoms with van der Waals surface area (Å²) < 4.78 is 10.5. The molecule has 0 amide bonds. The van der Waals surface area contributed by atoms with Crippen LogP contribution in [-0.4, -0.2) is 20.3 Å². The smallest absolute Gasteiger partial charge is 0.145 e. The molecule has 0 aliphatic rings. The molecule has 78 valence electrons. The number of methoxy groups -OCH3 is 1. The lowest BCUT2D eigenvalue weighted by Crippen LogP contribution is -2.04. The predicted octanol–water partition coefficient (Wildman–Crippen LogP) is 1.99. The Bertz CT molecular complexity index is 266. The first kappa shape index (κ1) is 10.9. The molecule has 3 nitrogen and oxygen atoms in total. The molecule has 0 aromatic heterocycles. The molecule has 0 unspecified atom stereocenters. The first-order chi connectivity index (χ1) is 6.75. The molecular formula is C11H17NO2. The standard InChI is InChI=1S/C11H17NO2/c1-9-5-3-6-10(12)11(9)14-8-4-7-13-2/h3,5-6H,4,7-8,12H2,1-2H3. The van der Waals surface area contributed by atoms with Crippen LogP contribution in [0.25, 0.3) is 0 Å². The molecule has 0 fully saturated rings. The Morgan fingerprint density at radius 1 is 1.29 bits per heavy atom. The van der Waals surface area contributed by atoms with Crippen LogP contribution in [0.2, 0.25) is 0 Å². The number of nitrogen functional groups attached to an aromatic ring is 1. The third kappa shape index (κ3) is 2.92. The van der Waals surface area contributed by atoms with Gasteiger partial charge in [0.05, 0.1) is 12.3 Å². The van der Waals surface area contributed by atoms with Crippen LogP contribution in [0.1, 0.15) is 12.0 Å². The van der Waals surface area contributed by atoms with Crippen molar-refractivity contribution in [2.24, 2.45) is 0 Å². The fourth-order valence-corrected chi connectivity index (χ4v) is 1.25. The van der Waals surface area contributed by atoms with E-state index >= 15 is 0 Å². The van der Waals surface area contributed by atoms with Crippen LogP contribution in [-0.2, 0) is 4.74 Å². The van der Waals surface area contributed by atoms with E-state index in [4.69, 9.17) is 15.2 Å². The number of benzene rings is 1. The summed E-state index contributed by atoms with van der Waals surface area (Å²) in [7, 11) is 1.68. The maximum atomic E-state index is 5.78. The van der Waals surface area contributed by atoms with Gasteiger partial charge in [0.2, 0.25) is 0 Å². The molecule has 3 heteroatoms. The number of ether oxygens (including phenoxy) is 2. The fraction of sp³-hybridized carbons (Fsp3) is 0.455. The van der Waals surface area contributed by atoms with Crippen molar-refractivity contribution >= 4 is 5.69 Å². The van der Waals surface area contributed by atoms with Gasteiger partial charge in [-0.15, -0.1) is 0 Å². The van der Waals surface area contributed by atoms with E-state index in [1.165, 1.54) is 0 Å². The Balaban J connectivity index is 2.49. The summed E-state index contributed by atoms with van der Waals surface area (Å²) in [6, 6.07) is 5.76. The van der Waals surface area contributed by atoms with E-state index in [0.29, 0.717) is 18.9 Å². The van der Waals surface area contributed by atoms with Gasteiger partial charge in [-0.25, -0.2) is 0 Å². The topological polar surface area (TPSA) is 44.5 Å². The van der Waals surface area contributed by atoms with E-state index in [1.807, 2.05) is 25.1 Å². The highest BCUT2D eigenvalue weighted by Crippen LogP contribution is 2.25. The largest absolute Gasteiger partial charge is 0.491 e. The summed E-state index contributed by atoms with van der Waals surface area (Å²) in [5, 5.41) is 0. The van der Waals surface area contributed by atoms with Crippen LogP contribution in [0.5, 0.6) is 5.75 Å². The molecular weight excluding hydrogens is 178 g/mol. The van der Waals surface area contributed by atoms with Crippen molar-refractivity contribution in [2.45, 2.75) is 13.3 Å². The van der Waals surface area contributed by atoms with Crippen LogP contribution < -0.4 is 10.5 Å². The predicted molar refractivity (Wildman–Crippen MR) is 57.6 cm³/mol. The maximum absolute atomic E-state index is 5.78. The van der Waals surface area contributed by atoms with E-state index < -0.39 is 0 Å². The van der Waals surface area contributed by atoms with E-state index in [2.05, 4.69) is 0 Å². The van der Waals surface area contributed by atoms with E-state index in [9.17, 15) is 0 Å². The highest BCUT2D eigenvalue weighted by atomic mass is 16.5. The molecule has 0 spiro atoms.